The lowest BCUT2D eigenvalue weighted by molar-refractivity contribution is 0.456. The molecule has 0 fully saturated rings. The summed E-state index contributed by atoms with van der Waals surface area (Å²) in [6.45, 7) is 24.3. The molecule has 0 N–H and O–H groups in total. The summed E-state index contributed by atoms with van der Waals surface area (Å²) in [6, 6.07) is 49.4. The van der Waals surface area contributed by atoms with Crippen molar-refractivity contribution in [1.82, 2.24) is 9.13 Å². The Morgan fingerprint density at radius 3 is 1.03 bits per heavy atom. The van der Waals surface area contributed by atoms with E-state index < -0.39 is 293 Å². The molecule has 6 heterocycles. The van der Waals surface area contributed by atoms with Gasteiger partial charge in [0, 0.05) is 100 Å². The summed E-state index contributed by atoms with van der Waals surface area (Å²) < 4.78 is 325. The summed E-state index contributed by atoms with van der Waals surface area (Å²) in [6.07, 6.45) is 0. The summed E-state index contributed by atoms with van der Waals surface area (Å²) in [4.78, 5) is 5.59. The molecule has 19 aromatic carbocycles. The molecule has 21 aromatic rings. The van der Waals surface area contributed by atoms with E-state index in [9.17, 15) is 39.8 Å². The molecule has 0 saturated heterocycles. The number of para-hydroxylation sites is 4. The molecule has 0 spiro atoms. The minimum Gasteiger partial charge on any atom is -0.457 e. The van der Waals surface area contributed by atoms with Crippen molar-refractivity contribution in [3.8, 4) is 101 Å². The van der Waals surface area contributed by atoms with Gasteiger partial charge in [-0.1, -0.05) is 386 Å². The van der Waals surface area contributed by atoms with Crippen molar-refractivity contribution in [2.24, 2.45) is 0 Å². The number of hydrogen-bond donors (Lipinski definition) is 0. The molecule has 670 valence electrons. The van der Waals surface area contributed by atoms with E-state index in [0.717, 1.165) is 21.3 Å². The molecule has 0 bridgehead atoms. The predicted molar refractivity (Wildman–Crippen MR) is 589 cm³/mol. The molecule has 1 unspecified atom stereocenters. The Morgan fingerprint density at radius 1 is 0.281 bits per heavy atom. The van der Waals surface area contributed by atoms with Crippen LogP contribution in [0, 0.1) is 6.92 Å². The van der Waals surface area contributed by atoms with E-state index in [0.29, 0.717) is 83.7 Å². The number of ether oxygens (including phenoxy) is 1. The molecule has 0 amide bonds. The van der Waals surface area contributed by atoms with Gasteiger partial charge in [0.15, 0.2) is 0 Å². The van der Waals surface area contributed by atoms with Crippen LogP contribution in [0.1, 0.15) is 175 Å². The fraction of sp³-hybridized carbons (Fsp3) is 0.136. The standard InChI is InChI=1S/C132H108BN5O/c1-82-69-106-114(80-113(82)135-111-63-41-37-59-98(111)99-60-38-42-64-112(99)135)136(125-100(84-45-23-15-24-46-84)71-91(129(2,3)4)72-101(125)85-47-25-16-26-48-85)116-81-119-124(128-122(116)121(106)107-70-90(65-68-120(107)139-128)83-43-21-14-22-44-83)133-108-67-66-95(134-109-61-39-35-57-96(109)97-58-36-40-62-110(97)134)79-115(108)137(126-102(86-49-27-17-28-50-86)73-92(130(5,6)7)74-103(126)87-51-29-18-30-52-87)117-77-94(132(11,12)13)78-118(123(117)133)138(119)127-104(88-53-31-19-32-54-88)75-93(131(8,9)10)76-105(127)89-55-33-20-34-56-89/h14-81,121H,1-13H3/i14D,21D,22D,35D,36D,37D,38D,39D,40D,41D,42D,43D,44D,57D,58D,59D,60D,61D,62D,63D,64D,65D,66D,67D,68D,69D,70D,79D,80D,81D. The van der Waals surface area contributed by atoms with Crippen molar-refractivity contribution in [3.63, 3.8) is 0 Å². The van der Waals surface area contributed by atoms with Gasteiger partial charge in [-0.3, -0.25) is 0 Å². The van der Waals surface area contributed by atoms with E-state index in [1.807, 2.05) is 258 Å². The number of benzene rings is 19. The van der Waals surface area contributed by atoms with E-state index in [-0.39, 0.29) is 78.6 Å². The number of hydrogen-bond acceptors (Lipinski definition) is 4. The second-order valence-corrected chi connectivity index (χ2v) is 40.4. The molecule has 4 aliphatic heterocycles. The van der Waals surface area contributed by atoms with Crippen molar-refractivity contribution in [2.45, 2.75) is 118 Å². The van der Waals surface area contributed by atoms with E-state index >= 15 is 0 Å². The Hall–Kier alpha value is -16.0. The molecule has 6 nitrogen and oxygen atoms in total. The van der Waals surface area contributed by atoms with Crippen LogP contribution in [0.2, 0.25) is 0 Å². The van der Waals surface area contributed by atoms with E-state index in [1.54, 1.807) is 4.90 Å². The van der Waals surface area contributed by atoms with Gasteiger partial charge in [0.1, 0.15) is 11.5 Å². The summed E-state index contributed by atoms with van der Waals surface area (Å²) in [5, 5.41) is -1.63. The molecule has 25 rings (SSSR count). The maximum Gasteiger partial charge on any atom is 0.257 e. The zero-order valence-corrected chi connectivity index (χ0v) is 78.7. The third-order valence-electron chi connectivity index (χ3n) is 27.7. The fourth-order valence-electron chi connectivity index (χ4n) is 20.9. The van der Waals surface area contributed by atoms with Gasteiger partial charge in [0.2, 0.25) is 0 Å². The zero-order valence-electron chi connectivity index (χ0n) is 109. The Bertz CT molecular complexity index is 10200. The quantitative estimate of drug-likeness (QED) is 0.114. The van der Waals surface area contributed by atoms with Crippen LogP contribution in [-0.2, 0) is 21.7 Å². The lowest BCUT2D eigenvalue weighted by Gasteiger charge is -2.49. The molecule has 0 saturated carbocycles. The van der Waals surface area contributed by atoms with Gasteiger partial charge in [-0.2, -0.15) is 0 Å². The molecule has 0 aliphatic carbocycles. The number of aromatic nitrogens is 2. The van der Waals surface area contributed by atoms with Crippen molar-refractivity contribution >= 4 is 118 Å². The van der Waals surface area contributed by atoms with Crippen molar-refractivity contribution in [2.75, 3.05) is 14.7 Å². The second-order valence-electron chi connectivity index (χ2n) is 40.4. The van der Waals surface area contributed by atoms with Gasteiger partial charge in [-0.25, -0.2) is 0 Å². The molecule has 4 aliphatic rings. The molecular formula is C132H108BN5O. The lowest BCUT2D eigenvalue weighted by atomic mass is 9.33. The first-order valence-corrected chi connectivity index (χ1v) is 46.8. The second kappa shape index (κ2) is 32.1. The highest BCUT2D eigenvalue weighted by molar-refractivity contribution is 7.01. The molecular weight excluding hydrogens is 1680 g/mol. The minimum absolute atomic E-state index is 0.130. The summed E-state index contributed by atoms with van der Waals surface area (Å²) >= 11 is 0. The highest BCUT2D eigenvalue weighted by Gasteiger charge is 2.53. The first-order chi connectivity index (χ1) is 80.0. The normalized spacial score (nSPS) is 16.7. The Balaban J connectivity index is 0.996. The SMILES string of the molecule is [2H]c1c([2H])c([2H])c(-c2c([2H])c([2H])c3c(c2[2H])C2c4c([2H])c(C)c(-n5c6c([2H])c([2H])c([2H])c([2H])c6c6c([2H])c([2H])c([2H])c([2H])c65)c([2H])c4N(c4c(-c5ccccc5)cc(C(C)(C)C)cc4-c4ccccc4)c4c([2H])c5c(c(c42)O3)B2c3c(cc(C(C)(C)C)cc3N5c3c(-c4ccccc4)cc(C(C)(C)C)cc3-c3ccccc3)N(c3c(-c4ccccc4)cc(C(C)(C)C)cc3-c3ccccc3)c3c([2H])c(-n4c5c([2H])c([2H])c([2H])c([2H])c5c5c([2H])c([2H])c([2H])c([2H])c54)c([2H])c([2H])c32)c([2H])c1[2H]. The minimum atomic E-state index is -2.08. The van der Waals surface area contributed by atoms with Crippen LogP contribution in [0.5, 0.6) is 11.5 Å². The lowest BCUT2D eigenvalue weighted by Crippen LogP contribution is -2.62. The van der Waals surface area contributed by atoms with Gasteiger partial charge in [-0.15, -0.1) is 0 Å². The van der Waals surface area contributed by atoms with Gasteiger partial charge >= 0.3 is 0 Å². The van der Waals surface area contributed by atoms with Crippen LogP contribution in [0.25, 0.3) is 133 Å². The third-order valence-corrected chi connectivity index (χ3v) is 27.7. The Kier molecular flexibility index (Phi) is 13.5. The molecule has 139 heavy (non-hydrogen) atoms. The number of anilines is 9. The van der Waals surface area contributed by atoms with Crippen molar-refractivity contribution in [3.05, 3.63) is 456 Å². The number of nitrogens with zero attached hydrogens (tertiary/aromatic N) is 5. The molecule has 7 heteroatoms. The largest absolute Gasteiger partial charge is 0.457 e. The van der Waals surface area contributed by atoms with Gasteiger partial charge in [-0.05, 0) is 232 Å². The van der Waals surface area contributed by atoms with Gasteiger partial charge in [0.25, 0.3) is 6.71 Å². The topological polar surface area (TPSA) is 28.8 Å². The van der Waals surface area contributed by atoms with Gasteiger partial charge in [0.05, 0.1) is 97.3 Å². The highest BCUT2D eigenvalue weighted by Crippen LogP contribution is 2.66. The van der Waals surface area contributed by atoms with E-state index in [2.05, 4.69) is 65.8 Å². The van der Waals surface area contributed by atoms with Crippen LogP contribution < -0.4 is 35.8 Å². The van der Waals surface area contributed by atoms with Crippen LogP contribution >= 0.6 is 0 Å². The van der Waals surface area contributed by atoms with E-state index in [4.69, 9.17) is 6.11 Å². The number of fused-ring (bicyclic) bond motifs is 15. The zero-order chi connectivity index (χ0) is 120. The number of rotatable bonds is 12. The smallest absolute Gasteiger partial charge is 0.257 e. The maximum absolute atomic E-state index is 13.5. The van der Waals surface area contributed by atoms with Gasteiger partial charge < -0.3 is 28.6 Å². The van der Waals surface area contributed by atoms with E-state index in [1.165, 1.54) is 11.5 Å². The summed E-state index contributed by atoms with van der Waals surface area (Å²) in [5.41, 5.74) is 0.439. The average Bonchev–Trinajstić information content (AvgIpc) is 1.19. The first kappa shape index (κ1) is 58.5. The summed E-state index contributed by atoms with van der Waals surface area (Å²) in [7, 11) is 0. The Morgan fingerprint density at radius 2 is 0.633 bits per heavy atom. The third kappa shape index (κ3) is 13.7. The van der Waals surface area contributed by atoms with Crippen LogP contribution in [0.15, 0.2) is 412 Å². The van der Waals surface area contributed by atoms with Crippen LogP contribution in [0.3, 0.4) is 0 Å². The maximum atomic E-state index is 13.5. The predicted octanol–water partition coefficient (Wildman–Crippen LogP) is 34.2. The monoisotopic (exact) mass is 1820 g/mol. The molecule has 1 atom stereocenters. The van der Waals surface area contributed by atoms with Crippen LogP contribution in [0.4, 0.5) is 51.2 Å². The van der Waals surface area contributed by atoms with Crippen LogP contribution in [-0.4, -0.2) is 15.8 Å². The van der Waals surface area contributed by atoms with Crippen molar-refractivity contribution in [1.29, 1.82) is 0 Å². The van der Waals surface area contributed by atoms with Crippen molar-refractivity contribution < 1.29 is 45.9 Å². The average molecular weight is 1820 g/mol. The fourth-order valence-corrected chi connectivity index (χ4v) is 20.9. The Labute approximate surface area is 858 Å². The first-order valence-electron chi connectivity index (χ1n) is 61.8. The molecule has 0 radical (unpaired) electrons. The highest BCUT2D eigenvalue weighted by atomic mass is 16.5. The summed E-state index contributed by atoms with van der Waals surface area (Å²) in [5.74, 6) is -3.11. The molecule has 2 aromatic heterocycles.